The summed E-state index contributed by atoms with van der Waals surface area (Å²) in [5.41, 5.74) is 0.825. The monoisotopic (exact) mass is 376 g/mol. The van der Waals surface area contributed by atoms with Crippen molar-refractivity contribution >= 4 is 15.8 Å². The molecule has 0 radical (unpaired) electrons. The number of carbonyl (C=O) groups excluding carboxylic acids is 1. The molecule has 1 aliphatic rings. The van der Waals surface area contributed by atoms with Crippen molar-refractivity contribution in [2.45, 2.75) is 61.7 Å². The Labute approximate surface area is 154 Å². The summed E-state index contributed by atoms with van der Waals surface area (Å²) in [6.07, 6.45) is 4.63. The Morgan fingerprint density at radius 2 is 1.88 bits per heavy atom. The molecule has 1 aromatic carbocycles. The number of aryl methyl sites for hydroxylation is 2. The molecule has 0 N–H and O–H groups in total. The van der Waals surface area contributed by atoms with Gasteiger partial charge in [-0.3, -0.25) is 4.79 Å². The normalized spacial score (nSPS) is 14.0. The average Bonchev–Trinajstić information content (AvgIpc) is 3.01. The van der Waals surface area contributed by atoms with Gasteiger partial charge in [0.15, 0.2) is 0 Å². The van der Waals surface area contributed by atoms with Gasteiger partial charge in [0.25, 0.3) is 0 Å². The van der Waals surface area contributed by atoms with Crippen LogP contribution in [0.15, 0.2) is 44.5 Å². The second-order valence-electron chi connectivity index (χ2n) is 6.44. The molecule has 2 aromatic rings. The van der Waals surface area contributed by atoms with E-state index in [9.17, 15) is 13.2 Å². The van der Waals surface area contributed by atoms with Gasteiger partial charge in [0.05, 0.1) is 11.5 Å². The lowest BCUT2D eigenvalue weighted by molar-refractivity contribution is -0.143. The second-order valence-corrected chi connectivity index (χ2v) is 8.32. The summed E-state index contributed by atoms with van der Waals surface area (Å²) in [6.45, 7) is 2.12. The maximum atomic E-state index is 13.2. The van der Waals surface area contributed by atoms with Crippen LogP contribution in [0.3, 0.4) is 0 Å². The van der Waals surface area contributed by atoms with E-state index in [0.29, 0.717) is 30.1 Å². The van der Waals surface area contributed by atoms with Gasteiger partial charge in [-0.05, 0) is 44.7 Å². The highest BCUT2D eigenvalue weighted by Crippen LogP contribution is 2.36. The molecule has 1 heterocycles. The van der Waals surface area contributed by atoms with E-state index in [1.54, 1.807) is 37.3 Å². The SMILES string of the molecule is CCOC(=O)CCCc1oc2c(c1S(=O)(=O)c1ccccc1)CCCC2. The summed E-state index contributed by atoms with van der Waals surface area (Å²) in [5.74, 6) is 0.998. The molecule has 140 valence electrons. The number of ether oxygens (including phenoxy) is 1. The molecule has 0 amide bonds. The second kappa shape index (κ2) is 8.08. The van der Waals surface area contributed by atoms with E-state index in [1.165, 1.54) is 0 Å². The standard InChI is InChI=1S/C20H24O5S/c1-2-24-19(21)14-8-13-18-20(16-11-6-7-12-17(16)25-18)26(22,23)15-9-4-3-5-10-15/h3-5,9-10H,2,6-8,11-14H2,1H3. The number of hydrogen-bond donors (Lipinski definition) is 0. The molecule has 0 aliphatic heterocycles. The molecular formula is C20H24O5S. The summed E-state index contributed by atoms with van der Waals surface area (Å²) in [7, 11) is -3.64. The lowest BCUT2D eigenvalue weighted by Crippen LogP contribution is -2.09. The number of hydrogen-bond acceptors (Lipinski definition) is 5. The van der Waals surface area contributed by atoms with Crippen LogP contribution in [0.1, 0.15) is 49.7 Å². The van der Waals surface area contributed by atoms with E-state index in [2.05, 4.69) is 0 Å². The third-order valence-electron chi connectivity index (χ3n) is 4.60. The van der Waals surface area contributed by atoms with E-state index in [1.807, 2.05) is 0 Å². The first-order chi connectivity index (χ1) is 12.5. The summed E-state index contributed by atoms with van der Waals surface area (Å²) in [4.78, 5) is 12.2. The molecule has 0 fully saturated rings. The van der Waals surface area contributed by atoms with Crippen molar-refractivity contribution in [1.82, 2.24) is 0 Å². The van der Waals surface area contributed by atoms with E-state index in [-0.39, 0.29) is 17.3 Å². The van der Waals surface area contributed by atoms with Crippen LogP contribution in [0.25, 0.3) is 0 Å². The highest BCUT2D eigenvalue weighted by molar-refractivity contribution is 7.91. The van der Waals surface area contributed by atoms with Gasteiger partial charge in [-0.1, -0.05) is 18.2 Å². The number of fused-ring (bicyclic) bond motifs is 1. The Bertz CT molecular complexity index is 865. The van der Waals surface area contributed by atoms with Gasteiger partial charge >= 0.3 is 5.97 Å². The fraction of sp³-hybridized carbons (Fsp3) is 0.450. The van der Waals surface area contributed by atoms with Gasteiger partial charge in [-0.25, -0.2) is 8.42 Å². The highest BCUT2D eigenvalue weighted by Gasteiger charge is 2.32. The molecule has 5 nitrogen and oxygen atoms in total. The van der Waals surface area contributed by atoms with E-state index in [0.717, 1.165) is 37.0 Å². The van der Waals surface area contributed by atoms with Gasteiger partial charge in [-0.15, -0.1) is 0 Å². The first-order valence-corrected chi connectivity index (χ1v) is 10.6. The molecule has 0 spiro atoms. The molecule has 0 bridgehead atoms. The van der Waals surface area contributed by atoms with E-state index in [4.69, 9.17) is 9.15 Å². The van der Waals surface area contributed by atoms with Crippen LogP contribution in [-0.4, -0.2) is 21.0 Å². The third kappa shape index (κ3) is 3.85. The van der Waals surface area contributed by atoms with Crippen LogP contribution < -0.4 is 0 Å². The predicted octanol–water partition coefficient (Wildman–Crippen LogP) is 3.88. The van der Waals surface area contributed by atoms with Crippen molar-refractivity contribution in [3.63, 3.8) is 0 Å². The molecule has 0 unspecified atom stereocenters. The summed E-state index contributed by atoms with van der Waals surface area (Å²) in [6, 6.07) is 8.46. The summed E-state index contributed by atoms with van der Waals surface area (Å²) < 4.78 is 37.4. The molecular weight excluding hydrogens is 352 g/mol. The number of benzene rings is 1. The maximum Gasteiger partial charge on any atom is 0.305 e. The van der Waals surface area contributed by atoms with Gasteiger partial charge in [-0.2, -0.15) is 0 Å². The Morgan fingerprint density at radius 3 is 2.62 bits per heavy atom. The predicted molar refractivity (Wildman–Crippen MR) is 96.8 cm³/mol. The van der Waals surface area contributed by atoms with Gasteiger partial charge in [0, 0.05) is 24.8 Å². The Balaban J connectivity index is 1.93. The van der Waals surface area contributed by atoms with E-state index >= 15 is 0 Å². The minimum Gasteiger partial charge on any atom is -0.466 e. The van der Waals surface area contributed by atoms with Crippen LogP contribution in [-0.2, 0) is 38.6 Å². The lowest BCUT2D eigenvalue weighted by Gasteiger charge is -2.11. The number of carbonyl (C=O) groups is 1. The van der Waals surface area contributed by atoms with Crippen molar-refractivity contribution < 1.29 is 22.4 Å². The zero-order valence-corrected chi connectivity index (χ0v) is 15.8. The summed E-state index contributed by atoms with van der Waals surface area (Å²) >= 11 is 0. The van der Waals surface area contributed by atoms with Crippen molar-refractivity contribution in [2.75, 3.05) is 6.61 Å². The van der Waals surface area contributed by atoms with Crippen LogP contribution in [0.4, 0.5) is 0 Å². The summed E-state index contributed by atoms with van der Waals surface area (Å²) in [5, 5.41) is 0. The fourth-order valence-corrected chi connectivity index (χ4v) is 5.15. The van der Waals surface area contributed by atoms with Crippen molar-refractivity contribution in [1.29, 1.82) is 0 Å². The molecule has 0 atom stereocenters. The molecule has 1 aromatic heterocycles. The number of rotatable bonds is 7. The number of esters is 1. The first-order valence-electron chi connectivity index (χ1n) is 9.13. The molecule has 0 saturated carbocycles. The topological polar surface area (TPSA) is 73.6 Å². The van der Waals surface area contributed by atoms with Crippen LogP contribution in [0, 0.1) is 0 Å². The first kappa shape index (κ1) is 18.7. The Kier molecular flexibility index (Phi) is 5.81. The van der Waals surface area contributed by atoms with Crippen LogP contribution in [0.5, 0.6) is 0 Å². The largest absolute Gasteiger partial charge is 0.466 e. The smallest absolute Gasteiger partial charge is 0.305 e. The Hall–Kier alpha value is -2.08. The molecule has 6 heteroatoms. The number of furan rings is 1. The van der Waals surface area contributed by atoms with Gasteiger partial charge < -0.3 is 9.15 Å². The van der Waals surface area contributed by atoms with E-state index < -0.39 is 9.84 Å². The molecule has 26 heavy (non-hydrogen) atoms. The zero-order valence-electron chi connectivity index (χ0n) is 15.0. The van der Waals surface area contributed by atoms with Gasteiger partial charge in [0.1, 0.15) is 16.4 Å². The van der Waals surface area contributed by atoms with Crippen LogP contribution >= 0.6 is 0 Å². The third-order valence-corrected chi connectivity index (χ3v) is 6.51. The minimum atomic E-state index is -3.64. The van der Waals surface area contributed by atoms with Crippen LogP contribution in [0.2, 0.25) is 0 Å². The maximum absolute atomic E-state index is 13.2. The minimum absolute atomic E-state index is 0.254. The lowest BCUT2D eigenvalue weighted by atomic mass is 9.98. The van der Waals surface area contributed by atoms with Crippen molar-refractivity contribution in [3.05, 3.63) is 47.4 Å². The Morgan fingerprint density at radius 1 is 1.15 bits per heavy atom. The average molecular weight is 376 g/mol. The number of sulfone groups is 1. The fourth-order valence-electron chi connectivity index (χ4n) is 3.41. The van der Waals surface area contributed by atoms with Crippen molar-refractivity contribution in [3.8, 4) is 0 Å². The quantitative estimate of drug-likeness (QED) is 0.686. The molecule has 3 rings (SSSR count). The van der Waals surface area contributed by atoms with Gasteiger partial charge in [0.2, 0.25) is 9.84 Å². The van der Waals surface area contributed by atoms with Crippen molar-refractivity contribution in [2.24, 2.45) is 0 Å². The highest BCUT2D eigenvalue weighted by atomic mass is 32.2. The molecule has 1 aliphatic carbocycles. The zero-order chi connectivity index (χ0) is 18.6. The molecule has 0 saturated heterocycles.